The second-order valence-corrected chi connectivity index (χ2v) is 5.34. The quantitative estimate of drug-likeness (QED) is 0.546. The number of rotatable bonds is 5. The Morgan fingerprint density at radius 3 is 2.54 bits per heavy atom. The highest BCUT2D eigenvalue weighted by atomic mass is 19.4. The second kappa shape index (κ2) is 6.50. The summed E-state index contributed by atoms with van der Waals surface area (Å²) in [6.45, 7) is 1.77. The van der Waals surface area contributed by atoms with Crippen LogP contribution in [0.3, 0.4) is 0 Å². The lowest BCUT2D eigenvalue weighted by molar-refractivity contribution is -0.391. The minimum atomic E-state index is -4.75. The molecule has 0 bridgehead atoms. The smallest absolute Gasteiger partial charge is 0.406 e. The number of ether oxygens (including phenoxy) is 1. The first-order valence-electron chi connectivity index (χ1n) is 7.34. The summed E-state index contributed by atoms with van der Waals surface area (Å²) in [7, 11) is 0. The number of nitro groups is 1. The molecule has 136 valence electrons. The van der Waals surface area contributed by atoms with Gasteiger partial charge in [0.1, 0.15) is 11.9 Å². The number of hydrogen-bond acceptors (Lipinski definition) is 6. The van der Waals surface area contributed by atoms with E-state index in [-0.39, 0.29) is 17.6 Å². The van der Waals surface area contributed by atoms with Crippen LogP contribution in [0, 0.1) is 10.1 Å². The largest absolute Gasteiger partial charge is 0.573 e. The molecule has 0 radical (unpaired) electrons. The van der Waals surface area contributed by atoms with E-state index in [0.717, 1.165) is 10.7 Å². The fourth-order valence-electron chi connectivity index (χ4n) is 2.33. The first-order valence-corrected chi connectivity index (χ1v) is 7.34. The van der Waals surface area contributed by atoms with E-state index in [1.807, 2.05) is 0 Å². The molecular formula is C15H12F3N5O3. The number of nitrogens with one attached hydrogen (secondary N) is 1. The maximum absolute atomic E-state index is 12.2. The number of hydrogen-bond donors (Lipinski definition) is 1. The Labute approximate surface area is 144 Å². The summed E-state index contributed by atoms with van der Waals surface area (Å²) in [5, 5.41) is 18.1. The first-order chi connectivity index (χ1) is 12.2. The molecule has 0 aliphatic heterocycles. The molecule has 1 aromatic carbocycles. The van der Waals surface area contributed by atoms with Crippen molar-refractivity contribution >= 4 is 17.3 Å². The normalized spacial score (nSPS) is 12.8. The van der Waals surface area contributed by atoms with Gasteiger partial charge in [0.2, 0.25) is 5.65 Å². The number of fused-ring (bicyclic) bond motifs is 1. The Kier molecular flexibility index (Phi) is 4.36. The van der Waals surface area contributed by atoms with Crippen LogP contribution in [0.4, 0.5) is 24.8 Å². The Morgan fingerprint density at radius 2 is 1.92 bits per heavy atom. The Balaban J connectivity index is 1.77. The highest BCUT2D eigenvalue weighted by Crippen LogP contribution is 2.25. The molecule has 2 aromatic heterocycles. The predicted octanol–water partition coefficient (Wildman–Crippen LogP) is 3.71. The first kappa shape index (κ1) is 17.5. The Hall–Kier alpha value is -3.37. The summed E-state index contributed by atoms with van der Waals surface area (Å²) < 4.78 is 41.5. The highest BCUT2D eigenvalue weighted by molar-refractivity contribution is 5.49. The third-order valence-corrected chi connectivity index (χ3v) is 3.51. The molecule has 11 heteroatoms. The molecule has 1 atom stereocenters. The lowest BCUT2D eigenvalue weighted by Gasteiger charge is -2.15. The standard InChI is InChI=1S/C15H12F3N5O3/c1-9(10-2-4-11(5-3-10)26-15(16,17)18)20-12-6-7-13-19-8-14(23(24)25)22(13)21-12/h2-9H,1H3,(H,20,21)/t9-/m0/s1. The molecule has 2 heterocycles. The average molecular weight is 367 g/mol. The van der Waals surface area contributed by atoms with Gasteiger partial charge in [-0.25, -0.2) is 4.98 Å². The molecule has 8 nitrogen and oxygen atoms in total. The monoisotopic (exact) mass is 367 g/mol. The second-order valence-electron chi connectivity index (χ2n) is 5.34. The van der Waals surface area contributed by atoms with Crippen molar-refractivity contribution in [2.75, 3.05) is 5.32 Å². The molecule has 0 unspecified atom stereocenters. The minimum Gasteiger partial charge on any atom is -0.406 e. The van der Waals surface area contributed by atoms with Gasteiger partial charge in [0.25, 0.3) is 0 Å². The van der Waals surface area contributed by atoms with Crippen LogP contribution in [-0.2, 0) is 0 Å². The predicted molar refractivity (Wildman–Crippen MR) is 84.8 cm³/mol. The molecule has 0 amide bonds. The average Bonchev–Trinajstić information content (AvgIpc) is 2.97. The van der Waals surface area contributed by atoms with Crippen molar-refractivity contribution in [3.8, 4) is 5.75 Å². The molecule has 0 aliphatic carbocycles. The fourth-order valence-corrected chi connectivity index (χ4v) is 2.33. The third kappa shape index (κ3) is 3.82. The zero-order valence-electron chi connectivity index (χ0n) is 13.3. The molecule has 1 N–H and O–H groups in total. The Morgan fingerprint density at radius 1 is 1.23 bits per heavy atom. The van der Waals surface area contributed by atoms with Gasteiger partial charge in [-0.3, -0.25) is 0 Å². The van der Waals surface area contributed by atoms with E-state index in [1.54, 1.807) is 19.1 Å². The van der Waals surface area contributed by atoms with Gasteiger partial charge < -0.3 is 20.2 Å². The number of anilines is 1. The number of imidazole rings is 1. The summed E-state index contributed by atoms with van der Waals surface area (Å²) in [5.74, 6) is -0.242. The van der Waals surface area contributed by atoms with Gasteiger partial charge in [0.05, 0.1) is 6.04 Å². The number of halogens is 3. The highest BCUT2D eigenvalue weighted by Gasteiger charge is 2.31. The van der Waals surface area contributed by atoms with Gasteiger partial charge in [0, 0.05) is 6.07 Å². The van der Waals surface area contributed by atoms with Gasteiger partial charge in [-0.05, 0) is 35.6 Å². The van der Waals surface area contributed by atoms with E-state index >= 15 is 0 Å². The van der Waals surface area contributed by atoms with E-state index in [2.05, 4.69) is 20.1 Å². The van der Waals surface area contributed by atoms with Crippen molar-refractivity contribution in [3.63, 3.8) is 0 Å². The lowest BCUT2D eigenvalue weighted by atomic mass is 10.1. The maximum Gasteiger partial charge on any atom is 0.573 e. The Bertz CT molecular complexity index is 940. The van der Waals surface area contributed by atoms with Crippen molar-refractivity contribution in [1.82, 2.24) is 14.6 Å². The summed E-state index contributed by atoms with van der Waals surface area (Å²) in [6, 6.07) is 8.23. The molecule has 3 aromatic rings. The van der Waals surface area contributed by atoms with Crippen molar-refractivity contribution in [1.29, 1.82) is 0 Å². The number of benzene rings is 1. The maximum atomic E-state index is 12.2. The molecule has 0 saturated carbocycles. The van der Waals surface area contributed by atoms with Crippen LogP contribution in [0.5, 0.6) is 5.75 Å². The van der Waals surface area contributed by atoms with Gasteiger partial charge in [0.15, 0.2) is 5.82 Å². The van der Waals surface area contributed by atoms with Gasteiger partial charge in [-0.1, -0.05) is 21.7 Å². The van der Waals surface area contributed by atoms with Crippen LogP contribution in [0.15, 0.2) is 42.6 Å². The topological polar surface area (TPSA) is 94.6 Å². The van der Waals surface area contributed by atoms with E-state index < -0.39 is 11.3 Å². The third-order valence-electron chi connectivity index (χ3n) is 3.51. The van der Waals surface area contributed by atoms with E-state index in [0.29, 0.717) is 17.0 Å². The van der Waals surface area contributed by atoms with Crippen LogP contribution >= 0.6 is 0 Å². The van der Waals surface area contributed by atoms with Crippen LogP contribution in [0.1, 0.15) is 18.5 Å². The van der Waals surface area contributed by atoms with Crippen molar-refractivity contribution in [2.45, 2.75) is 19.3 Å². The van der Waals surface area contributed by atoms with Crippen molar-refractivity contribution in [3.05, 3.63) is 58.3 Å². The van der Waals surface area contributed by atoms with E-state index in [4.69, 9.17) is 0 Å². The fraction of sp³-hybridized carbons (Fsp3) is 0.200. The van der Waals surface area contributed by atoms with Crippen LogP contribution in [0.2, 0.25) is 0 Å². The summed E-state index contributed by atoms with van der Waals surface area (Å²) in [4.78, 5) is 14.2. The summed E-state index contributed by atoms with van der Waals surface area (Å²) >= 11 is 0. The van der Waals surface area contributed by atoms with Crippen molar-refractivity contribution < 1.29 is 22.8 Å². The van der Waals surface area contributed by atoms with Gasteiger partial charge in [-0.2, -0.15) is 0 Å². The van der Waals surface area contributed by atoms with Gasteiger partial charge >= 0.3 is 12.2 Å². The summed E-state index contributed by atoms with van der Waals surface area (Å²) in [6.07, 6.45) is -3.64. The summed E-state index contributed by atoms with van der Waals surface area (Å²) in [5.41, 5.74) is 1.00. The molecule has 0 spiro atoms. The van der Waals surface area contributed by atoms with Gasteiger partial charge in [-0.15, -0.1) is 13.2 Å². The van der Waals surface area contributed by atoms with Crippen LogP contribution in [0.25, 0.3) is 5.65 Å². The van der Waals surface area contributed by atoms with E-state index in [9.17, 15) is 23.3 Å². The molecule has 26 heavy (non-hydrogen) atoms. The minimum absolute atomic E-state index is 0.273. The molecule has 3 rings (SSSR count). The zero-order valence-corrected chi connectivity index (χ0v) is 13.3. The number of aromatic nitrogens is 3. The molecule has 0 aliphatic rings. The van der Waals surface area contributed by atoms with Crippen LogP contribution in [-0.4, -0.2) is 25.9 Å². The zero-order chi connectivity index (χ0) is 18.9. The molecule has 0 saturated heterocycles. The lowest BCUT2D eigenvalue weighted by Crippen LogP contribution is -2.17. The van der Waals surface area contributed by atoms with E-state index in [1.165, 1.54) is 24.3 Å². The number of nitrogens with zero attached hydrogens (tertiary/aromatic N) is 4. The van der Waals surface area contributed by atoms with Crippen molar-refractivity contribution in [2.24, 2.45) is 0 Å². The molecule has 0 fully saturated rings. The SMILES string of the molecule is C[C@H](Nc1ccc2ncc([N+](=O)[O-])n2n1)c1ccc(OC(F)(F)F)cc1. The number of alkyl halides is 3. The van der Waals surface area contributed by atoms with Crippen LogP contribution < -0.4 is 10.1 Å². The molecular weight excluding hydrogens is 355 g/mol.